The largest absolute Gasteiger partial charge is 0.372 e. The SMILES string of the molecule is Cc1cnn(C[C@@H]2CCCCN2C(=O)COCCC(C)C)c1. The average molecular weight is 307 g/mol. The van der Waals surface area contributed by atoms with Gasteiger partial charge in [0.05, 0.1) is 18.8 Å². The number of piperidine rings is 1. The van der Waals surface area contributed by atoms with Crippen molar-refractivity contribution in [2.45, 2.75) is 59.0 Å². The van der Waals surface area contributed by atoms with E-state index in [2.05, 4.69) is 18.9 Å². The van der Waals surface area contributed by atoms with E-state index in [0.717, 1.165) is 37.9 Å². The molecule has 1 aliphatic rings. The van der Waals surface area contributed by atoms with Crippen molar-refractivity contribution in [3.05, 3.63) is 18.0 Å². The van der Waals surface area contributed by atoms with Crippen molar-refractivity contribution in [1.82, 2.24) is 14.7 Å². The van der Waals surface area contributed by atoms with Gasteiger partial charge in [-0.25, -0.2) is 0 Å². The first kappa shape index (κ1) is 17.0. The molecule has 2 heterocycles. The molecule has 0 N–H and O–H groups in total. The van der Waals surface area contributed by atoms with Gasteiger partial charge in [-0.2, -0.15) is 5.10 Å². The molecule has 1 aromatic rings. The third-order valence-corrected chi connectivity index (χ3v) is 4.17. The first-order valence-electron chi connectivity index (χ1n) is 8.42. The molecule has 0 aliphatic carbocycles. The van der Waals surface area contributed by atoms with Crippen molar-refractivity contribution >= 4 is 5.91 Å². The number of ether oxygens (including phenoxy) is 1. The predicted octanol–water partition coefficient (Wildman–Crippen LogP) is 2.64. The Morgan fingerprint density at radius 1 is 1.45 bits per heavy atom. The van der Waals surface area contributed by atoms with Gasteiger partial charge >= 0.3 is 0 Å². The standard InChI is InChI=1S/C17H29N3O2/c1-14(2)7-9-22-13-17(21)20-8-5-4-6-16(20)12-19-11-15(3)10-18-19/h10-11,14,16H,4-9,12-13H2,1-3H3/t16-/m0/s1. The van der Waals surface area contributed by atoms with Crippen molar-refractivity contribution < 1.29 is 9.53 Å². The number of hydrogen-bond donors (Lipinski definition) is 0. The minimum atomic E-state index is 0.123. The van der Waals surface area contributed by atoms with Gasteiger partial charge in [0.25, 0.3) is 0 Å². The molecule has 0 spiro atoms. The Labute approximate surface area is 133 Å². The summed E-state index contributed by atoms with van der Waals surface area (Å²) >= 11 is 0. The minimum Gasteiger partial charge on any atom is -0.372 e. The van der Waals surface area contributed by atoms with Crippen LogP contribution in [0.1, 0.15) is 45.1 Å². The van der Waals surface area contributed by atoms with Crippen molar-refractivity contribution in [1.29, 1.82) is 0 Å². The highest BCUT2D eigenvalue weighted by atomic mass is 16.5. The zero-order chi connectivity index (χ0) is 15.9. The molecule has 1 atom stereocenters. The molecule has 5 heteroatoms. The van der Waals surface area contributed by atoms with E-state index in [1.54, 1.807) is 0 Å². The number of likely N-dealkylation sites (tertiary alicyclic amines) is 1. The molecule has 0 bridgehead atoms. The molecular formula is C17H29N3O2. The number of aromatic nitrogens is 2. The zero-order valence-corrected chi connectivity index (χ0v) is 14.1. The van der Waals surface area contributed by atoms with E-state index in [1.807, 2.05) is 28.9 Å². The molecule has 22 heavy (non-hydrogen) atoms. The van der Waals surface area contributed by atoms with Crippen molar-refractivity contribution in [3.63, 3.8) is 0 Å². The molecule has 2 rings (SSSR count). The Hall–Kier alpha value is -1.36. The summed E-state index contributed by atoms with van der Waals surface area (Å²) in [4.78, 5) is 14.4. The van der Waals surface area contributed by atoms with Gasteiger partial charge in [0.15, 0.2) is 0 Å². The maximum atomic E-state index is 12.4. The molecule has 1 aromatic heterocycles. The molecule has 1 saturated heterocycles. The average Bonchev–Trinajstić information content (AvgIpc) is 2.89. The van der Waals surface area contributed by atoms with Crippen LogP contribution in [0, 0.1) is 12.8 Å². The van der Waals surface area contributed by atoms with E-state index in [9.17, 15) is 4.79 Å². The lowest BCUT2D eigenvalue weighted by atomic mass is 10.0. The van der Waals surface area contributed by atoms with Crippen LogP contribution in [0.15, 0.2) is 12.4 Å². The van der Waals surface area contributed by atoms with Crippen LogP contribution in [-0.2, 0) is 16.1 Å². The summed E-state index contributed by atoms with van der Waals surface area (Å²) in [6, 6.07) is 0.245. The minimum absolute atomic E-state index is 0.123. The topological polar surface area (TPSA) is 47.4 Å². The van der Waals surface area contributed by atoms with E-state index >= 15 is 0 Å². The second kappa shape index (κ2) is 8.32. The van der Waals surface area contributed by atoms with Crippen molar-refractivity contribution in [2.75, 3.05) is 19.8 Å². The lowest BCUT2D eigenvalue weighted by molar-refractivity contribution is -0.140. The highest BCUT2D eigenvalue weighted by molar-refractivity contribution is 5.77. The lowest BCUT2D eigenvalue weighted by Gasteiger charge is -2.35. The molecular weight excluding hydrogens is 278 g/mol. The Morgan fingerprint density at radius 3 is 2.95 bits per heavy atom. The number of aryl methyl sites for hydroxylation is 1. The van der Waals surface area contributed by atoms with Gasteiger partial charge in [0.2, 0.25) is 5.91 Å². The Balaban J connectivity index is 1.84. The molecule has 1 aliphatic heterocycles. The summed E-state index contributed by atoms with van der Waals surface area (Å²) < 4.78 is 7.50. The molecule has 5 nitrogen and oxygen atoms in total. The number of hydrogen-bond acceptors (Lipinski definition) is 3. The number of amides is 1. The number of rotatable bonds is 7. The first-order chi connectivity index (χ1) is 10.6. The van der Waals surface area contributed by atoms with Crippen LogP contribution in [0.3, 0.4) is 0 Å². The van der Waals surface area contributed by atoms with E-state index in [1.165, 1.54) is 6.42 Å². The van der Waals surface area contributed by atoms with Gasteiger partial charge in [-0.05, 0) is 44.1 Å². The van der Waals surface area contributed by atoms with E-state index in [0.29, 0.717) is 12.5 Å². The van der Waals surface area contributed by atoms with Crippen LogP contribution >= 0.6 is 0 Å². The van der Waals surface area contributed by atoms with Gasteiger partial charge in [-0.3, -0.25) is 9.48 Å². The summed E-state index contributed by atoms with van der Waals surface area (Å²) in [6.45, 7) is 8.87. The summed E-state index contributed by atoms with van der Waals surface area (Å²) in [7, 11) is 0. The highest BCUT2D eigenvalue weighted by Gasteiger charge is 2.27. The van der Waals surface area contributed by atoms with Crippen molar-refractivity contribution in [3.8, 4) is 0 Å². The fourth-order valence-corrected chi connectivity index (χ4v) is 2.86. The number of carbonyl (C=O) groups is 1. The molecule has 0 saturated carbocycles. The third kappa shape index (κ3) is 5.13. The molecule has 124 valence electrons. The van der Waals surface area contributed by atoms with Crippen LogP contribution in [-0.4, -0.2) is 46.4 Å². The molecule has 0 unspecified atom stereocenters. The van der Waals surface area contributed by atoms with E-state index in [4.69, 9.17) is 4.74 Å². The molecule has 0 radical (unpaired) electrons. The van der Waals surface area contributed by atoms with Gasteiger partial charge in [-0.15, -0.1) is 0 Å². The quantitative estimate of drug-likeness (QED) is 0.728. The van der Waals surface area contributed by atoms with Crippen LogP contribution < -0.4 is 0 Å². The normalized spacial score (nSPS) is 18.9. The third-order valence-electron chi connectivity index (χ3n) is 4.17. The summed E-state index contributed by atoms with van der Waals surface area (Å²) in [5.41, 5.74) is 1.16. The molecule has 1 fully saturated rings. The highest BCUT2D eigenvalue weighted by Crippen LogP contribution is 2.19. The van der Waals surface area contributed by atoms with Gasteiger partial charge < -0.3 is 9.64 Å². The Kier molecular flexibility index (Phi) is 6.43. The smallest absolute Gasteiger partial charge is 0.248 e. The maximum Gasteiger partial charge on any atom is 0.248 e. The summed E-state index contributed by atoms with van der Waals surface area (Å²) in [6.07, 6.45) is 8.23. The van der Waals surface area contributed by atoms with Gasteiger partial charge in [0, 0.05) is 19.3 Å². The second-order valence-electron chi connectivity index (χ2n) is 6.71. The zero-order valence-electron chi connectivity index (χ0n) is 14.1. The molecule has 0 aromatic carbocycles. The monoisotopic (exact) mass is 307 g/mol. The fraction of sp³-hybridized carbons (Fsp3) is 0.765. The van der Waals surface area contributed by atoms with Crippen LogP contribution in [0.4, 0.5) is 0 Å². The maximum absolute atomic E-state index is 12.4. The van der Waals surface area contributed by atoms with Gasteiger partial charge in [0.1, 0.15) is 6.61 Å². The summed E-state index contributed by atoms with van der Waals surface area (Å²) in [5, 5.41) is 4.35. The van der Waals surface area contributed by atoms with Gasteiger partial charge in [-0.1, -0.05) is 13.8 Å². The Morgan fingerprint density at radius 2 is 2.27 bits per heavy atom. The lowest BCUT2D eigenvalue weighted by Crippen LogP contribution is -2.47. The summed E-state index contributed by atoms with van der Waals surface area (Å²) in [5.74, 6) is 0.734. The van der Waals surface area contributed by atoms with Crippen LogP contribution in [0.2, 0.25) is 0 Å². The number of nitrogens with zero attached hydrogens (tertiary/aromatic N) is 3. The number of carbonyl (C=O) groups excluding carboxylic acids is 1. The predicted molar refractivity (Wildman–Crippen MR) is 86.6 cm³/mol. The second-order valence-corrected chi connectivity index (χ2v) is 6.71. The molecule has 1 amide bonds. The van der Waals surface area contributed by atoms with E-state index in [-0.39, 0.29) is 18.6 Å². The van der Waals surface area contributed by atoms with Crippen LogP contribution in [0.25, 0.3) is 0 Å². The van der Waals surface area contributed by atoms with E-state index < -0.39 is 0 Å². The van der Waals surface area contributed by atoms with Crippen LogP contribution in [0.5, 0.6) is 0 Å². The Bertz CT molecular complexity index is 470. The first-order valence-corrected chi connectivity index (χ1v) is 8.42. The van der Waals surface area contributed by atoms with Crippen molar-refractivity contribution in [2.24, 2.45) is 5.92 Å². The fourth-order valence-electron chi connectivity index (χ4n) is 2.86.